The number of anilines is 1. The highest BCUT2D eigenvalue weighted by molar-refractivity contribution is 6.31. The van der Waals surface area contributed by atoms with E-state index in [4.69, 9.17) is 17.3 Å². The molecule has 0 saturated carbocycles. The predicted molar refractivity (Wildman–Crippen MR) is 69.2 cm³/mol. The van der Waals surface area contributed by atoms with Crippen LogP contribution in [0, 0.1) is 0 Å². The maximum Gasteiger partial charge on any atom is 0.192 e. The van der Waals surface area contributed by atoms with E-state index in [0.717, 1.165) is 31.3 Å². The van der Waals surface area contributed by atoms with E-state index in [1.807, 2.05) is 6.08 Å². The molecule has 0 aromatic carbocycles. The summed E-state index contributed by atoms with van der Waals surface area (Å²) in [6, 6.07) is 1.60. The summed E-state index contributed by atoms with van der Waals surface area (Å²) >= 11 is 5.84. The zero-order chi connectivity index (χ0) is 12.3. The first kappa shape index (κ1) is 12.1. The lowest BCUT2D eigenvalue weighted by atomic mass is 10.0. The monoisotopic (exact) mass is 250 g/mol. The van der Waals surface area contributed by atoms with Crippen molar-refractivity contribution in [2.45, 2.75) is 32.1 Å². The average Bonchev–Trinajstić information content (AvgIpc) is 2.60. The third-order valence-electron chi connectivity index (χ3n) is 2.96. The summed E-state index contributed by atoms with van der Waals surface area (Å²) < 4.78 is 0. The minimum absolute atomic E-state index is 0.0283. The summed E-state index contributed by atoms with van der Waals surface area (Å²) in [5.74, 6) is 0.226. The number of halogens is 1. The predicted octanol–water partition coefficient (Wildman–Crippen LogP) is 3.39. The van der Waals surface area contributed by atoms with E-state index in [9.17, 15) is 4.79 Å². The molecule has 1 aromatic rings. The Bertz CT molecular complexity index is 468. The van der Waals surface area contributed by atoms with E-state index in [0.29, 0.717) is 10.6 Å². The first-order chi connectivity index (χ1) is 8.18. The van der Waals surface area contributed by atoms with Crippen molar-refractivity contribution >= 4 is 23.2 Å². The molecule has 0 radical (unpaired) electrons. The molecule has 3 nitrogen and oxygen atoms in total. The van der Waals surface area contributed by atoms with Gasteiger partial charge in [0.15, 0.2) is 5.78 Å². The van der Waals surface area contributed by atoms with Crippen molar-refractivity contribution in [1.82, 2.24) is 4.98 Å². The van der Waals surface area contributed by atoms with Crippen LogP contribution in [0.1, 0.15) is 42.5 Å². The van der Waals surface area contributed by atoms with Gasteiger partial charge < -0.3 is 5.73 Å². The van der Waals surface area contributed by atoms with Crippen LogP contribution in [0.5, 0.6) is 0 Å². The minimum atomic E-state index is -0.0283. The van der Waals surface area contributed by atoms with Gasteiger partial charge in [0.25, 0.3) is 0 Å². The van der Waals surface area contributed by atoms with Gasteiger partial charge in [0.05, 0.1) is 10.6 Å². The van der Waals surface area contributed by atoms with E-state index < -0.39 is 0 Å². The number of nitrogens with zero attached hydrogens (tertiary/aromatic N) is 1. The molecule has 0 atom stereocenters. The lowest BCUT2D eigenvalue weighted by molar-refractivity contribution is 0.103. The van der Waals surface area contributed by atoms with Crippen LogP contribution in [0.25, 0.3) is 0 Å². The minimum Gasteiger partial charge on any atom is -0.383 e. The van der Waals surface area contributed by atoms with Gasteiger partial charge in [-0.1, -0.05) is 24.1 Å². The molecule has 1 aliphatic rings. The number of carbonyl (C=O) groups excluding carboxylic acids is 1. The standard InChI is InChI=1S/C13H15ClN2O/c14-10-7-11(13(15)16-8-10)12(17)9-5-3-1-2-4-6-9/h5,7-8H,1-4,6H2,(H2,15,16). The SMILES string of the molecule is Nc1ncc(Cl)cc1C(=O)C1=CCCCCC1. The zero-order valence-electron chi connectivity index (χ0n) is 9.58. The van der Waals surface area contributed by atoms with Crippen molar-refractivity contribution in [1.29, 1.82) is 0 Å². The summed E-state index contributed by atoms with van der Waals surface area (Å²) in [5.41, 5.74) is 6.99. The molecule has 1 aromatic heterocycles. The van der Waals surface area contributed by atoms with Crippen LogP contribution in [0.3, 0.4) is 0 Å². The third-order valence-corrected chi connectivity index (χ3v) is 3.17. The number of nitrogens with two attached hydrogens (primary N) is 1. The number of allylic oxidation sites excluding steroid dienone is 2. The molecule has 4 heteroatoms. The van der Waals surface area contributed by atoms with Crippen LogP contribution in [0.15, 0.2) is 23.9 Å². The van der Waals surface area contributed by atoms with Crippen molar-refractivity contribution < 1.29 is 4.79 Å². The summed E-state index contributed by atoms with van der Waals surface area (Å²) in [7, 11) is 0. The molecule has 0 spiro atoms. The number of nitrogen functional groups attached to an aromatic ring is 1. The first-order valence-electron chi connectivity index (χ1n) is 5.83. The van der Waals surface area contributed by atoms with Gasteiger partial charge in [-0.05, 0) is 37.3 Å². The van der Waals surface area contributed by atoms with E-state index >= 15 is 0 Å². The smallest absolute Gasteiger partial charge is 0.192 e. The van der Waals surface area contributed by atoms with Crippen molar-refractivity contribution in [3.63, 3.8) is 0 Å². The fourth-order valence-electron chi connectivity index (χ4n) is 2.03. The molecule has 1 heterocycles. The van der Waals surface area contributed by atoms with Crippen molar-refractivity contribution in [3.8, 4) is 0 Å². The van der Waals surface area contributed by atoms with E-state index in [-0.39, 0.29) is 11.6 Å². The Morgan fingerprint density at radius 3 is 3.00 bits per heavy atom. The Kier molecular flexibility index (Phi) is 3.79. The third kappa shape index (κ3) is 2.86. The van der Waals surface area contributed by atoms with Crippen LogP contribution in [0.4, 0.5) is 5.82 Å². The molecule has 0 saturated heterocycles. The van der Waals surface area contributed by atoms with Crippen LogP contribution in [-0.4, -0.2) is 10.8 Å². The summed E-state index contributed by atoms with van der Waals surface area (Å²) in [6.07, 6.45) is 8.66. The fourth-order valence-corrected chi connectivity index (χ4v) is 2.18. The number of carbonyl (C=O) groups is 1. The van der Waals surface area contributed by atoms with Crippen molar-refractivity contribution in [2.24, 2.45) is 0 Å². The van der Waals surface area contributed by atoms with Crippen molar-refractivity contribution in [3.05, 3.63) is 34.5 Å². The molecule has 0 amide bonds. The Hall–Kier alpha value is -1.35. The topological polar surface area (TPSA) is 56.0 Å². The van der Waals surface area contributed by atoms with Gasteiger partial charge in [-0.2, -0.15) is 0 Å². The Balaban J connectivity index is 2.29. The molecule has 2 N–H and O–H groups in total. The summed E-state index contributed by atoms with van der Waals surface area (Å²) in [5, 5.41) is 0.441. The Morgan fingerprint density at radius 1 is 1.35 bits per heavy atom. The highest BCUT2D eigenvalue weighted by atomic mass is 35.5. The maximum atomic E-state index is 12.3. The Labute approximate surface area is 106 Å². The molecule has 2 rings (SSSR count). The molecular weight excluding hydrogens is 236 g/mol. The number of ketones is 1. The summed E-state index contributed by atoms with van der Waals surface area (Å²) in [6.45, 7) is 0. The second-order valence-electron chi connectivity index (χ2n) is 4.24. The van der Waals surface area contributed by atoms with Crippen molar-refractivity contribution in [2.75, 3.05) is 5.73 Å². The van der Waals surface area contributed by atoms with E-state index in [1.165, 1.54) is 12.6 Å². The highest BCUT2D eigenvalue weighted by Crippen LogP contribution is 2.24. The van der Waals surface area contributed by atoms with Crippen LogP contribution in [0.2, 0.25) is 5.02 Å². The lowest BCUT2D eigenvalue weighted by Gasteiger charge is -2.07. The van der Waals surface area contributed by atoms with Gasteiger partial charge in [-0.15, -0.1) is 0 Å². The van der Waals surface area contributed by atoms with Gasteiger partial charge in [0, 0.05) is 6.20 Å². The number of aromatic nitrogens is 1. The lowest BCUT2D eigenvalue weighted by Crippen LogP contribution is -2.08. The molecule has 0 unspecified atom stereocenters. The molecular formula is C13H15ClN2O. The van der Waals surface area contributed by atoms with Crippen LogP contribution >= 0.6 is 11.6 Å². The van der Waals surface area contributed by atoms with E-state index in [1.54, 1.807) is 6.07 Å². The van der Waals surface area contributed by atoms with Gasteiger partial charge in [0.2, 0.25) is 0 Å². The molecule has 0 aliphatic heterocycles. The highest BCUT2D eigenvalue weighted by Gasteiger charge is 2.17. The molecule has 90 valence electrons. The quantitative estimate of drug-likeness (QED) is 0.819. The number of Topliss-reactive ketones (excluding diaryl/α,β-unsaturated/α-hetero) is 1. The zero-order valence-corrected chi connectivity index (χ0v) is 10.3. The summed E-state index contributed by atoms with van der Waals surface area (Å²) in [4.78, 5) is 16.2. The van der Waals surface area contributed by atoms with Crippen LogP contribution in [-0.2, 0) is 0 Å². The first-order valence-corrected chi connectivity index (χ1v) is 6.21. The second kappa shape index (κ2) is 5.32. The molecule has 1 aliphatic carbocycles. The molecule has 17 heavy (non-hydrogen) atoms. The number of pyridine rings is 1. The Morgan fingerprint density at radius 2 is 2.18 bits per heavy atom. The van der Waals surface area contributed by atoms with Gasteiger partial charge in [-0.25, -0.2) is 4.98 Å². The number of hydrogen-bond donors (Lipinski definition) is 1. The van der Waals surface area contributed by atoms with E-state index in [2.05, 4.69) is 4.98 Å². The second-order valence-corrected chi connectivity index (χ2v) is 4.68. The van der Waals surface area contributed by atoms with Gasteiger partial charge >= 0.3 is 0 Å². The molecule has 0 bridgehead atoms. The average molecular weight is 251 g/mol. The van der Waals surface area contributed by atoms with Gasteiger partial charge in [-0.3, -0.25) is 4.79 Å². The normalized spacial score (nSPS) is 16.2. The largest absolute Gasteiger partial charge is 0.383 e. The number of rotatable bonds is 2. The van der Waals surface area contributed by atoms with Crippen LogP contribution < -0.4 is 5.73 Å². The molecule has 0 fully saturated rings. The number of hydrogen-bond acceptors (Lipinski definition) is 3. The van der Waals surface area contributed by atoms with Gasteiger partial charge in [0.1, 0.15) is 5.82 Å². The fraction of sp³-hybridized carbons (Fsp3) is 0.385. The maximum absolute atomic E-state index is 12.3.